The molecule has 0 spiro atoms. The summed E-state index contributed by atoms with van der Waals surface area (Å²) < 4.78 is 29.1. The molecule has 2 rings (SSSR count). The fraction of sp³-hybridized carbons (Fsp3) is 0.500. The van der Waals surface area contributed by atoms with E-state index in [-0.39, 0.29) is 24.6 Å². The lowest BCUT2D eigenvalue weighted by Crippen LogP contribution is -2.47. The van der Waals surface area contributed by atoms with Crippen LogP contribution in [0, 0.1) is 12.8 Å². The molecule has 1 aliphatic rings. The lowest BCUT2D eigenvalue weighted by Gasteiger charge is -2.33. The molecule has 1 fully saturated rings. The Kier molecular flexibility index (Phi) is 5.05. The van der Waals surface area contributed by atoms with E-state index in [0.717, 1.165) is 10.5 Å². The Labute approximate surface area is 129 Å². The normalized spacial score (nSPS) is 22.5. The average molecular weight is 329 g/mol. The molecule has 0 radical (unpaired) electrons. The molecular formula is C14H19NO6S. The number of hydrogen-bond acceptors (Lipinski definition) is 5. The van der Waals surface area contributed by atoms with Crippen molar-refractivity contribution < 1.29 is 27.6 Å². The van der Waals surface area contributed by atoms with E-state index in [0.29, 0.717) is 6.42 Å². The van der Waals surface area contributed by atoms with Crippen LogP contribution in [0.15, 0.2) is 29.2 Å². The van der Waals surface area contributed by atoms with Gasteiger partial charge in [0.05, 0.1) is 24.2 Å². The van der Waals surface area contributed by atoms with Gasteiger partial charge in [-0.25, -0.2) is 4.79 Å². The number of hydrogen-bond donors (Lipinski definition) is 2. The molecule has 22 heavy (non-hydrogen) atoms. The maximum Gasteiger partial charge on any atom is 0.407 e. The molecule has 1 amide bonds. The van der Waals surface area contributed by atoms with Gasteiger partial charge < -0.3 is 15.1 Å². The number of nitrogens with zero attached hydrogens (tertiary/aromatic N) is 1. The molecule has 0 saturated carbocycles. The fourth-order valence-electron chi connectivity index (χ4n) is 2.30. The number of aryl methyl sites for hydroxylation is 1. The van der Waals surface area contributed by atoms with Gasteiger partial charge in [0.25, 0.3) is 10.1 Å². The van der Waals surface area contributed by atoms with Crippen molar-refractivity contribution in [1.82, 2.24) is 4.90 Å². The van der Waals surface area contributed by atoms with E-state index < -0.39 is 28.2 Å². The minimum absolute atomic E-state index is 0.0338. The van der Waals surface area contributed by atoms with E-state index in [1.54, 1.807) is 12.1 Å². The van der Waals surface area contributed by atoms with Crippen LogP contribution in [0.4, 0.5) is 4.79 Å². The quantitative estimate of drug-likeness (QED) is 0.801. The Morgan fingerprint density at radius 3 is 2.55 bits per heavy atom. The average Bonchev–Trinajstić information content (AvgIpc) is 2.46. The lowest BCUT2D eigenvalue weighted by atomic mass is 9.95. The van der Waals surface area contributed by atoms with Gasteiger partial charge in [-0.2, -0.15) is 8.42 Å². The largest absolute Gasteiger partial charge is 0.465 e. The highest BCUT2D eigenvalue weighted by molar-refractivity contribution is 7.86. The third-order valence-corrected chi connectivity index (χ3v) is 5.03. The van der Waals surface area contributed by atoms with Crippen molar-refractivity contribution in [3.63, 3.8) is 0 Å². The van der Waals surface area contributed by atoms with Crippen LogP contribution in [0.25, 0.3) is 0 Å². The Morgan fingerprint density at radius 1 is 1.36 bits per heavy atom. The molecule has 1 saturated heterocycles. The Bertz CT molecular complexity index is 627. The van der Waals surface area contributed by atoms with Crippen LogP contribution in [0.5, 0.6) is 0 Å². The number of carboxylic acid groups (broad SMARTS) is 1. The third-order valence-electron chi connectivity index (χ3n) is 3.74. The Balaban J connectivity index is 1.95. The van der Waals surface area contributed by atoms with Crippen molar-refractivity contribution >= 4 is 16.2 Å². The zero-order valence-corrected chi connectivity index (χ0v) is 13.0. The van der Waals surface area contributed by atoms with Crippen LogP contribution >= 0.6 is 0 Å². The smallest absolute Gasteiger partial charge is 0.407 e. The second kappa shape index (κ2) is 6.64. The number of piperidine rings is 1. The third kappa shape index (κ3) is 3.96. The molecule has 0 aromatic heterocycles. The van der Waals surface area contributed by atoms with Crippen LogP contribution in [0.1, 0.15) is 12.0 Å². The second-order valence-corrected chi connectivity index (χ2v) is 7.01. The number of aliphatic hydroxyl groups excluding tert-OH is 1. The number of carbonyl (C=O) groups is 1. The van der Waals surface area contributed by atoms with Gasteiger partial charge in [0, 0.05) is 12.5 Å². The van der Waals surface area contributed by atoms with Crippen LogP contribution < -0.4 is 0 Å². The molecule has 0 bridgehead atoms. The standard InChI is InChI=1S/C14H19NO6S/c1-10-2-4-12(5-3-10)22(19,20)21-9-11-6-7-15(14(17)18)8-13(11)16/h2-5,11,13,16H,6-9H2,1H3,(H,17,18)/t11-,13+/m0/s1. The summed E-state index contributed by atoms with van der Waals surface area (Å²) in [5, 5.41) is 18.8. The first-order valence-electron chi connectivity index (χ1n) is 6.91. The first-order chi connectivity index (χ1) is 10.3. The number of benzene rings is 1. The maximum atomic E-state index is 12.1. The van der Waals surface area contributed by atoms with Gasteiger partial charge in [0.15, 0.2) is 0 Å². The predicted octanol–water partition coefficient (Wildman–Crippen LogP) is 1.06. The monoisotopic (exact) mass is 329 g/mol. The zero-order chi connectivity index (χ0) is 16.3. The summed E-state index contributed by atoms with van der Waals surface area (Å²) in [6.45, 7) is 1.91. The van der Waals surface area contributed by atoms with Crippen LogP contribution in [-0.4, -0.2) is 55.4 Å². The van der Waals surface area contributed by atoms with Gasteiger partial charge >= 0.3 is 6.09 Å². The summed E-state index contributed by atoms with van der Waals surface area (Å²) in [4.78, 5) is 12.0. The highest BCUT2D eigenvalue weighted by Gasteiger charge is 2.31. The molecule has 0 aliphatic carbocycles. The highest BCUT2D eigenvalue weighted by Crippen LogP contribution is 2.21. The Morgan fingerprint density at radius 2 is 2.00 bits per heavy atom. The zero-order valence-electron chi connectivity index (χ0n) is 12.2. The van der Waals surface area contributed by atoms with Gasteiger partial charge in [0.1, 0.15) is 0 Å². The fourth-order valence-corrected chi connectivity index (χ4v) is 3.26. The number of β-amino-alcohol motifs (C(OH)–C–C–N with tert-alkyl or cyclic N) is 1. The van der Waals surface area contributed by atoms with E-state index in [4.69, 9.17) is 9.29 Å². The van der Waals surface area contributed by atoms with Gasteiger partial charge in [-0.05, 0) is 25.5 Å². The van der Waals surface area contributed by atoms with Gasteiger partial charge in [-0.3, -0.25) is 4.18 Å². The predicted molar refractivity (Wildman–Crippen MR) is 78.0 cm³/mol. The molecule has 2 N–H and O–H groups in total. The molecule has 0 unspecified atom stereocenters. The molecule has 7 nitrogen and oxygen atoms in total. The number of rotatable bonds is 4. The summed E-state index contributed by atoms with van der Waals surface area (Å²) in [5.41, 5.74) is 0.940. The molecular weight excluding hydrogens is 310 g/mol. The van der Waals surface area contributed by atoms with Gasteiger partial charge in [0.2, 0.25) is 0 Å². The molecule has 1 aliphatic heterocycles. The van der Waals surface area contributed by atoms with Crippen LogP contribution in [-0.2, 0) is 14.3 Å². The van der Waals surface area contributed by atoms with Crippen molar-refractivity contribution in [3.8, 4) is 0 Å². The minimum Gasteiger partial charge on any atom is -0.465 e. The second-order valence-electron chi connectivity index (χ2n) is 5.40. The van der Waals surface area contributed by atoms with E-state index in [1.165, 1.54) is 12.1 Å². The molecule has 1 aromatic rings. The SMILES string of the molecule is Cc1ccc(S(=O)(=O)OC[C@@H]2CCN(C(=O)O)C[C@H]2O)cc1. The van der Waals surface area contributed by atoms with Crippen LogP contribution in [0.3, 0.4) is 0 Å². The molecule has 1 aromatic carbocycles. The summed E-state index contributed by atoms with van der Waals surface area (Å²) in [6, 6.07) is 6.29. The van der Waals surface area contributed by atoms with E-state index >= 15 is 0 Å². The van der Waals surface area contributed by atoms with Gasteiger partial charge in [-0.1, -0.05) is 17.7 Å². The lowest BCUT2D eigenvalue weighted by molar-refractivity contribution is 0.00784. The summed E-state index contributed by atoms with van der Waals surface area (Å²) in [6.07, 6.45) is -1.67. The summed E-state index contributed by atoms with van der Waals surface area (Å²) >= 11 is 0. The summed E-state index contributed by atoms with van der Waals surface area (Å²) in [7, 11) is -3.87. The van der Waals surface area contributed by atoms with E-state index in [2.05, 4.69) is 0 Å². The molecule has 8 heteroatoms. The molecule has 1 heterocycles. The van der Waals surface area contributed by atoms with E-state index in [1.807, 2.05) is 6.92 Å². The molecule has 122 valence electrons. The highest BCUT2D eigenvalue weighted by atomic mass is 32.2. The van der Waals surface area contributed by atoms with Crippen molar-refractivity contribution in [2.45, 2.75) is 24.3 Å². The minimum atomic E-state index is -3.87. The van der Waals surface area contributed by atoms with Gasteiger partial charge in [-0.15, -0.1) is 0 Å². The van der Waals surface area contributed by atoms with Crippen molar-refractivity contribution in [3.05, 3.63) is 29.8 Å². The van der Waals surface area contributed by atoms with Crippen LogP contribution in [0.2, 0.25) is 0 Å². The first-order valence-corrected chi connectivity index (χ1v) is 8.32. The first kappa shape index (κ1) is 16.7. The van der Waals surface area contributed by atoms with Crippen molar-refractivity contribution in [1.29, 1.82) is 0 Å². The number of aliphatic hydroxyl groups is 1. The molecule has 2 atom stereocenters. The Hall–Kier alpha value is -1.64. The van der Waals surface area contributed by atoms with Crippen molar-refractivity contribution in [2.24, 2.45) is 5.92 Å². The summed E-state index contributed by atoms with van der Waals surface area (Å²) in [5.74, 6) is -0.407. The number of amides is 1. The topological polar surface area (TPSA) is 104 Å². The number of likely N-dealkylation sites (tertiary alicyclic amines) is 1. The maximum absolute atomic E-state index is 12.1. The van der Waals surface area contributed by atoms with E-state index in [9.17, 15) is 18.3 Å². The van der Waals surface area contributed by atoms with Crippen molar-refractivity contribution in [2.75, 3.05) is 19.7 Å².